The van der Waals surface area contributed by atoms with E-state index >= 15 is 0 Å². The molecule has 0 aromatic heterocycles. The van der Waals surface area contributed by atoms with Crippen LogP contribution >= 0.6 is 0 Å². The summed E-state index contributed by atoms with van der Waals surface area (Å²) in [6, 6.07) is 2.80. The molecule has 0 radical (unpaired) electrons. The van der Waals surface area contributed by atoms with Gasteiger partial charge in [-0.1, -0.05) is 13.8 Å². The van der Waals surface area contributed by atoms with Crippen LogP contribution in [0.1, 0.15) is 37.0 Å². The summed E-state index contributed by atoms with van der Waals surface area (Å²) in [7, 11) is 0. The Morgan fingerprint density at radius 1 is 1.43 bits per heavy atom. The molecular formula is C14H19FN2O4. The minimum absolute atomic E-state index is 0.0995. The zero-order chi connectivity index (χ0) is 16.0. The fourth-order valence-electron chi connectivity index (χ4n) is 1.94. The molecule has 1 aromatic carbocycles. The smallest absolute Gasteiger partial charge is 0.270 e. The van der Waals surface area contributed by atoms with Gasteiger partial charge in [0.1, 0.15) is 5.82 Å². The maximum absolute atomic E-state index is 13.6. The topological polar surface area (TPSA) is 92.5 Å². The van der Waals surface area contributed by atoms with Crippen LogP contribution in [0.15, 0.2) is 18.2 Å². The molecule has 0 aliphatic rings. The molecule has 0 fully saturated rings. The van der Waals surface area contributed by atoms with E-state index in [0.717, 1.165) is 18.2 Å². The Labute approximate surface area is 122 Å². The Bertz CT molecular complexity index is 521. The summed E-state index contributed by atoms with van der Waals surface area (Å²) in [5.74, 6) is -1.54. The largest absolute Gasteiger partial charge is 0.396 e. The van der Waals surface area contributed by atoms with Gasteiger partial charge >= 0.3 is 0 Å². The number of nitro groups is 1. The fourth-order valence-corrected chi connectivity index (χ4v) is 1.94. The summed E-state index contributed by atoms with van der Waals surface area (Å²) in [4.78, 5) is 22.0. The maximum atomic E-state index is 13.6. The van der Waals surface area contributed by atoms with Gasteiger partial charge in [0.25, 0.3) is 11.6 Å². The van der Waals surface area contributed by atoms with E-state index in [1.165, 1.54) is 0 Å². The standard InChI is InChI=1S/C14H19FN2O4/c1-3-14(4-2,9-18)8-16-13(19)11-7-10(17(20)21)5-6-12(11)15/h5-7,18H,3-4,8-9H2,1-2H3,(H,16,19). The lowest BCUT2D eigenvalue weighted by Crippen LogP contribution is -2.39. The van der Waals surface area contributed by atoms with Crippen LogP contribution in [-0.4, -0.2) is 29.1 Å². The molecule has 0 bridgehead atoms. The zero-order valence-corrected chi connectivity index (χ0v) is 12.1. The van der Waals surface area contributed by atoms with E-state index in [1.54, 1.807) is 0 Å². The normalized spacial score (nSPS) is 11.2. The minimum atomic E-state index is -0.819. The first kappa shape index (κ1) is 17.0. The number of hydrogen-bond acceptors (Lipinski definition) is 4. The minimum Gasteiger partial charge on any atom is -0.396 e. The first-order valence-corrected chi connectivity index (χ1v) is 6.72. The molecule has 116 valence electrons. The fraction of sp³-hybridized carbons (Fsp3) is 0.500. The van der Waals surface area contributed by atoms with Crippen molar-refractivity contribution >= 4 is 11.6 Å². The Morgan fingerprint density at radius 2 is 2.05 bits per heavy atom. The number of aliphatic hydroxyl groups excluding tert-OH is 1. The molecule has 0 unspecified atom stereocenters. The summed E-state index contributed by atoms with van der Waals surface area (Å²) in [5.41, 5.74) is -1.18. The SMILES string of the molecule is CCC(CC)(CO)CNC(=O)c1cc([N+](=O)[O-])ccc1F. The van der Waals surface area contributed by atoms with Crippen molar-refractivity contribution < 1.29 is 19.2 Å². The van der Waals surface area contributed by atoms with Crippen LogP contribution in [-0.2, 0) is 0 Å². The molecule has 0 heterocycles. The summed E-state index contributed by atoms with van der Waals surface area (Å²) in [6.07, 6.45) is 1.30. The van der Waals surface area contributed by atoms with Crippen molar-refractivity contribution in [1.29, 1.82) is 0 Å². The van der Waals surface area contributed by atoms with Crippen LogP contribution in [0.3, 0.4) is 0 Å². The summed E-state index contributed by atoms with van der Waals surface area (Å²) in [5, 5.41) is 22.6. The summed E-state index contributed by atoms with van der Waals surface area (Å²) < 4.78 is 13.6. The molecule has 0 atom stereocenters. The number of carbonyl (C=O) groups excluding carboxylic acids is 1. The van der Waals surface area contributed by atoms with Crippen LogP contribution in [0.4, 0.5) is 10.1 Å². The summed E-state index contributed by atoms with van der Waals surface area (Å²) >= 11 is 0. The van der Waals surface area contributed by atoms with Crippen molar-refractivity contribution in [3.05, 3.63) is 39.7 Å². The van der Waals surface area contributed by atoms with Crippen LogP contribution in [0.5, 0.6) is 0 Å². The molecule has 1 amide bonds. The molecule has 0 spiro atoms. The molecule has 7 heteroatoms. The lowest BCUT2D eigenvalue weighted by atomic mass is 9.83. The van der Waals surface area contributed by atoms with Gasteiger partial charge in [-0.3, -0.25) is 14.9 Å². The molecule has 6 nitrogen and oxygen atoms in total. The van der Waals surface area contributed by atoms with Gasteiger partial charge in [-0.05, 0) is 18.9 Å². The van der Waals surface area contributed by atoms with Crippen LogP contribution < -0.4 is 5.32 Å². The van der Waals surface area contributed by atoms with Crippen LogP contribution in [0.2, 0.25) is 0 Å². The average molecular weight is 298 g/mol. The highest BCUT2D eigenvalue weighted by Crippen LogP contribution is 2.25. The van der Waals surface area contributed by atoms with E-state index in [0.29, 0.717) is 12.8 Å². The molecule has 21 heavy (non-hydrogen) atoms. The molecule has 0 saturated heterocycles. The van der Waals surface area contributed by atoms with E-state index in [4.69, 9.17) is 0 Å². The second kappa shape index (κ2) is 7.12. The second-order valence-corrected chi connectivity index (χ2v) is 4.97. The Kier molecular flexibility index (Phi) is 5.78. The van der Waals surface area contributed by atoms with Gasteiger partial charge in [-0.25, -0.2) is 4.39 Å². The first-order chi connectivity index (χ1) is 9.89. The molecule has 0 aliphatic carbocycles. The highest BCUT2D eigenvalue weighted by atomic mass is 19.1. The monoisotopic (exact) mass is 298 g/mol. The molecule has 2 N–H and O–H groups in total. The highest BCUT2D eigenvalue weighted by Gasteiger charge is 2.27. The van der Waals surface area contributed by atoms with Crippen molar-refractivity contribution in [3.63, 3.8) is 0 Å². The quantitative estimate of drug-likeness (QED) is 0.596. The number of nitrogens with one attached hydrogen (secondary N) is 1. The van der Waals surface area contributed by atoms with E-state index in [2.05, 4.69) is 5.32 Å². The number of rotatable bonds is 7. The van der Waals surface area contributed by atoms with Crippen LogP contribution in [0, 0.1) is 21.3 Å². The number of amides is 1. The first-order valence-electron chi connectivity index (χ1n) is 6.72. The van der Waals surface area contributed by atoms with Gasteiger partial charge in [-0.2, -0.15) is 0 Å². The average Bonchev–Trinajstić information content (AvgIpc) is 2.49. The summed E-state index contributed by atoms with van der Waals surface area (Å²) in [6.45, 7) is 3.86. The number of non-ortho nitro benzene ring substituents is 1. The van der Waals surface area contributed by atoms with E-state index < -0.39 is 22.1 Å². The van der Waals surface area contributed by atoms with Gasteiger partial charge in [0.05, 0.1) is 17.1 Å². The predicted octanol–water partition coefficient (Wildman–Crippen LogP) is 2.26. The highest BCUT2D eigenvalue weighted by molar-refractivity contribution is 5.95. The van der Waals surface area contributed by atoms with Crippen molar-refractivity contribution in [1.82, 2.24) is 5.32 Å². The third-order valence-electron chi connectivity index (χ3n) is 3.86. The van der Waals surface area contributed by atoms with Gasteiger partial charge < -0.3 is 10.4 Å². The molecular weight excluding hydrogens is 279 g/mol. The maximum Gasteiger partial charge on any atom is 0.270 e. The van der Waals surface area contributed by atoms with Gasteiger partial charge in [-0.15, -0.1) is 0 Å². The zero-order valence-electron chi connectivity index (χ0n) is 12.1. The number of aliphatic hydroxyl groups is 1. The van der Waals surface area contributed by atoms with Crippen molar-refractivity contribution in [2.45, 2.75) is 26.7 Å². The number of halogens is 1. The molecule has 0 aliphatic heterocycles. The van der Waals surface area contributed by atoms with Crippen molar-refractivity contribution in [3.8, 4) is 0 Å². The number of carbonyl (C=O) groups is 1. The Balaban J connectivity index is 2.89. The van der Waals surface area contributed by atoms with Crippen molar-refractivity contribution in [2.24, 2.45) is 5.41 Å². The lowest BCUT2D eigenvalue weighted by molar-refractivity contribution is -0.384. The lowest BCUT2D eigenvalue weighted by Gasteiger charge is -2.29. The number of nitrogens with zero attached hydrogens (tertiary/aromatic N) is 1. The van der Waals surface area contributed by atoms with E-state index in [9.17, 15) is 24.4 Å². The van der Waals surface area contributed by atoms with Gasteiger partial charge in [0.15, 0.2) is 0 Å². The third kappa shape index (κ3) is 3.98. The number of nitro benzene ring substituents is 1. The van der Waals surface area contributed by atoms with E-state index in [-0.39, 0.29) is 24.4 Å². The molecule has 0 saturated carbocycles. The van der Waals surface area contributed by atoms with Crippen molar-refractivity contribution in [2.75, 3.05) is 13.2 Å². The van der Waals surface area contributed by atoms with Crippen LogP contribution in [0.25, 0.3) is 0 Å². The number of hydrogen-bond donors (Lipinski definition) is 2. The second-order valence-electron chi connectivity index (χ2n) is 4.97. The van der Waals surface area contributed by atoms with Gasteiger partial charge in [0, 0.05) is 24.1 Å². The predicted molar refractivity (Wildman–Crippen MR) is 75.5 cm³/mol. The molecule has 1 rings (SSSR count). The van der Waals surface area contributed by atoms with Gasteiger partial charge in [0.2, 0.25) is 0 Å². The third-order valence-corrected chi connectivity index (χ3v) is 3.86. The Morgan fingerprint density at radius 3 is 2.52 bits per heavy atom. The Hall–Kier alpha value is -2.02. The molecule has 1 aromatic rings. The number of benzene rings is 1. The van der Waals surface area contributed by atoms with E-state index in [1.807, 2.05) is 13.8 Å².